The third kappa shape index (κ3) is 6.95. The van der Waals surface area contributed by atoms with Gasteiger partial charge in [-0.2, -0.15) is 11.8 Å². The SMILES string of the molecule is CCC(N)CCCSC(C)CO. The smallest absolute Gasteiger partial charge is 0.0547 e. The summed E-state index contributed by atoms with van der Waals surface area (Å²) >= 11 is 1.82. The maximum absolute atomic E-state index is 8.74. The molecule has 2 unspecified atom stereocenters. The lowest BCUT2D eigenvalue weighted by Gasteiger charge is -2.09. The predicted molar refractivity (Wildman–Crippen MR) is 56.5 cm³/mol. The molecule has 0 amide bonds. The van der Waals surface area contributed by atoms with Crippen LogP contribution in [0.4, 0.5) is 0 Å². The van der Waals surface area contributed by atoms with Crippen LogP contribution in [0.5, 0.6) is 0 Å². The monoisotopic (exact) mass is 191 g/mol. The van der Waals surface area contributed by atoms with Crippen LogP contribution in [0.2, 0.25) is 0 Å². The number of thioether (sulfide) groups is 1. The highest BCUT2D eigenvalue weighted by atomic mass is 32.2. The molecule has 0 aliphatic carbocycles. The van der Waals surface area contributed by atoms with Crippen molar-refractivity contribution in [1.82, 2.24) is 0 Å². The van der Waals surface area contributed by atoms with E-state index in [2.05, 4.69) is 6.92 Å². The molecular weight excluding hydrogens is 170 g/mol. The molecular formula is C9H21NOS. The molecule has 2 atom stereocenters. The molecule has 0 aliphatic heterocycles. The zero-order chi connectivity index (χ0) is 9.40. The molecule has 0 bridgehead atoms. The number of aliphatic hydroxyl groups excluding tert-OH is 1. The lowest BCUT2D eigenvalue weighted by molar-refractivity contribution is 0.300. The third-order valence-electron chi connectivity index (χ3n) is 1.90. The first-order valence-electron chi connectivity index (χ1n) is 4.68. The molecule has 0 radical (unpaired) electrons. The van der Waals surface area contributed by atoms with Crippen LogP contribution in [-0.2, 0) is 0 Å². The maximum atomic E-state index is 8.74. The van der Waals surface area contributed by atoms with E-state index in [1.807, 2.05) is 18.7 Å². The van der Waals surface area contributed by atoms with Gasteiger partial charge in [0.15, 0.2) is 0 Å². The Morgan fingerprint density at radius 2 is 2.17 bits per heavy atom. The molecule has 0 aliphatic rings. The lowest BCUT2D eigenvalue weighted by atomic mass is 10.1. The van der Waals surface area contributed by atoms with Gasteiger partial charge in [-0.15, -0.1) is 0 Å². The van der Waals surface area contributed by atoms with Crippen molar-refractivity contribution in [1.29, 1.82) is 0 Å². The van der Waals surface area contributed by atoms with Crippen molar-refractivity contribution in [2.75, 3.05) is 12.4 Å². The molecule has 0 aromatic rings. The van der Waals surface area contributed by atoms with Crippen molar-refractivity contribution in [3.05, 3.63) is 0 Å². The molecule has 0 spiro atoms. The Morgan fingerprint density at radius 1 is 1.50 bits per heavy atom. The van der Waals surface area contributed by atoms with Gasteiger partial charge in [0.2, 0.25) is 0 Å². The molecule has 2 nitrogen and oxygen atoms in total. The Kier molecular flexibility index (Phi) is 8.07. The summed E-state index contributed by atoms with van der Waals surface area (Å²) in [6, 6.07) is 0.370. The Hall–Kier alpha value is 0.270. The first-order valence-corrected chi connectivity index (χ1v) is 5.73. The van der Waals surface area contributed by atoms with Crippen molar-refractivity contribution in [3.63, 3.8) is 0 Å². The van der Waals surface area contributed by atoms with E-state index in [1.54, 1.807) is 0 Å². The zero-order valence-electron chi connectivity index (χ0n) is 8.12. The minimum atomic E-state index is 0.282. The van der Waals surface area contributed by atoms with Gasteiger partial charge in [-0.3, -0.25) is 0 Å². The molecule has 3 heteroatoms. The van der Waals surface area contributed by atoms with E-state index in [9.17, 15) is 0 Å². The summed E-state index contributed by atoms with van der Waals surface area (Å²) in [4.78, 5) is 0. The largest absolute Gasteiger partial charge is 0.395 e. The quantitative estimate of drug-likeness (QED) is 0.601. The van der Waals surface area contributed by atoms with Gasteiger partial charge in [-0.25, -0.2) is 0 Å². The lowest BCUT2D eigenvalue weighted by Crippen LogP contribution is -2.18. The minimum Gasteiger partial charge on any atom is -0.395 e. The van der Waals surface area contributed by atoms with Gasteiger partial charge in [0.05, 0.1) is 6.61 Å². The molecule has 0 fully saturated rings. The van der Waals surface area contributed by atoms with Gasteiger partial charge in [0, 0.05) is 11.3 Å². The number of hydrogen-bond acceptors (Lipinski definition) is 3. The fraction of sp³-hybridized carbons (Fsp3) is 1.00. The Bertz CT molecular complexity index is 88.5. The van der Waals surface area contributed by atoms with Gasteiger partial charge in [0.25, 0.3) is 0 Å². The number of aliphatic hydroxyl groups is 1. The average molecular weight is 191 g/mol. The van der Waals surface area contributed by atoms with Crippen molar-refractivity contribution in [2.24, 2.45) is 5.73 Å². The molecule has 0 rings (SSSR count). The summed E-state index contributed by atoms with van der Waals surface area (Å²) in [6.45, 7) is 4.45. The van der Waals surface area contributed by atoms with Crippen LogP contribution in [0.25, 0.3) is 0 Å². The van der Waals surface area contributed by atoms with Gasteiger partial charge < -0.3 is 10.8 Å². The first-order chi connectivity index (χ1) is 5.70. The van der Waals surface area contributed by atoms with Gasteiger partial charge >= 0.3 is 0 Å². The van der Waals surface area contributed by atoms with Crippen molar-refractivity contribution in [3.8, 4) is 0 Å². The van der Waals surface area contributed by atoms with Gasteiger partial charge in [-0.1, -0.05) is 13.8 Å². The fourth-order valence-electron chi connectivity index (χ4n) is 0.887. The topological polar surface area (TPSA) is 46.2 Å². The highest BCUT2D eigenvalue weighted by molar-refractivity contribution is 7.99. The number of nitrogens with two attached hydrogens (primary N) is 1. The van der Waals surface area contributed by atoms with E-state index < -0.39 is 0 Å². The van der Waals surface area contributed by atoms with Crippen LogP contribution in [-0.4, -0.2) is 28.8 Å². The summed E-state index contributed by atoms with van der Waals surface area (Å²) in [5.41, 5.74) is 5.76. The van der Waals surface area contributed by atoms with E-state index in [0.29, 0.717) is 11.3 Å². The second-order valence-corrected chi connectivity index (χ2v) is 4.72. The fourth-order valence-corrected chi connectivity index (χ4v) is 1.73. The maximum Gasteiger partial charge on any atom is 0.0547 e. The molecule has 0 saturated carbocycles. The van der Waals surface area contributed by atoms with Crippen LogP contribution < -0.4 is 5.73 Å². The van der Waals surface area contributed by atoms with Gasteiger partial charge in [0.1, 0.15) is 0 Å². The van der Waals surface area contributed by atoms with Crippen molar-refractivity contribution >= 4 is 11.8 Å². The van der Waals surface area contributed by atoms with E-state index in [1.165, 1.54) is 6.42 Å². The second kappa shape index (κ2) is 7.90. The molecule has 3 N–H and O–H groups in total. The number of hydrogen-bond donors (Lipinski definition) is 2. The van der Waals surface area contributed by atoms with Crippen molar-refractivity contribution in [2.45, 2.75) is 44.4 Å². The van der Waals surface area contributed by atoms with E-state index in [0.717, 1.165) is 18.6 Å². The van der Waals surface area contributed by atoms with Crippen molar-refractivity contribution < 1.29 is 5.11 Å². The molecule has 12 heavy (non-hydrogen) atoms. The number of rotatable bonds is 7. The van der Waals surface area contributed by atoms with Crippen LogP contribution in [0.15, 0.2) is 0 Å². The van der Waals surface area contributed by atoms with Crippen LogP contribution in [0.3, 0.4) is 0 Å². The van der Waals surface area contributed by atoms with Gasteiger partial charge in [-0.05, 0) is 25.0 Å². The standard InChI is InChI=1S/C9H21NOS/c1-3-9(10)5-4-6-12-8(2)7-11/h8-9,11H,3-7,10H2,1-2H3. The van der Waals surface area contributed by atoms with E-state index in [-0.39, 0.29) is 6.61 Å². The van der Waals surface area contributed by atoms with Crippen LogP contribution in [0, 0.1) is 0 Å². The Morgan fingerprint density at radius 3 is 2.67 bits per heavy atom. The normalized spacial score (nSPS) is 16.0. The summed E-state index contributed by atoms with van der Waals surface area (Å²) in [7, 11) is 0. The summed E-state index contributed by atoms with van der Waals surface area (Å²) in [6.07, 6.45) is 3.35. The van der Waals surface area contributed by atoms with Crippen LogP contribution in [0.1, 0.15) is 33.1 Å². The molecule has 0 aromatic carbocycles. The summed E-state index contributed by atoms with van der Waals surface area (Å²) in [5, 5.41) is 9.12. The Labute approximate surface area is 79.9 Å². The average Bonchev–Trinajstić information content (AvgIpc) is 2.11. The zero-order valence-corrected chi connectivity index (χ0v) is 8.94. The second-order valence-electron chi connectivity index (χ2n) is 3.17. The van der Waals surface area contributed by atoms with E-state index >= 15 is 0 Å². The molecule has 0 heterocycles. The first kappa shape index (κ1) is 12.3. The van der Waals surface area contributed by atoms with Crippen LogP contribution >= 0.6 is 11.8 Å². The summed E-state index contributed by atoms with van der Waals surface area (Å²) in [5.74, 6) is 1.12. The van der Waals surface area contributed by atoms with E-state index in [4.69, 9.17) is 10.8 Å². The Balaban J connectivity index is 3.10. The molecule has 0 saturated heterocycles. The highest BCUT2D eigenvalue weighted by Gasteiger charge is 2.01. The third-order valence-corrected chi connectivity index (χ3v) is 3.15. The minimum absolute atomic E-state index is 0.282. The summed E-state index contributed by atoms with van der Waals surface area (Å²) < 4.78 is 0. The molecule has 0 aromatic heterocycles. The predicted octanol–water partition coefficient (Wildman–Crippen LogP) is 1.62. The molecule has 74 valence electrons. The highest BCUT2D eigenvalue weighted by Crippen LogP contribution is 2.12.